The fourth-order valence-corrected chi connectivity index (χ4v) is 2.26. The third kappa shape index (κ3) is 3.39. The maximum atomic E-state index is 14.2. The van der Waals surface area contributed by atoms with Gasteiger partial charge in [-0.2, -0.15) is 0 Å². The molecule has 0 bridgehead atoms. The Kier molecular flexibility index (Phi) is 5.18. The van der Waals surface area contributed by atoms with Crippen molar-refractivity contribution in [2.45, 2.75) is 26.9 Å². The molecule has 1 aromatic carbocycles. The summed E-state index contributed by atoms with van der Waals surface area (Å²) in [6.07, 6.45) is 1.64. The molecule has 3 nitrogen and oxygen atoms in total. The first-order chi connectivity index (χ1) is 9.76. The maximum Gasteiger partial charge on any atom is 0.146 e. The molecule has 0 aliphatic heterocycles. The highest BCUT2D eigenvalue weighted by molar-refractivity contribution is 5.55. The third-order valence-corrected chi connectivity index (χ3v) is 3.26. The summed E-state index contributed by atoms with van der Waals surface area (Å²) in [5, 5.41) is 3.25. The van der Waals surface area contributed by atoms with E-state index in [2.05, 4.69) is 5.32 Å². The lowest BCUT2D eigenvalue weighted by atomic mass is 10.1. The van der Waals surface area contributed by atoms with Gasteiger partial charge >= 0.3 is 0 Å². The van der Waals surface area contributed by atoms with Crippen molar-refractivity contribution in [3.05, 3.63) is 53.7 Å². The quantitative estimate of drug-likeness (QED) is 0.838. The Labute approximate surface area is 119 Å². The molecule has 2 aromatic rings. The van der Waals surface area contributed by atoms with E-state index in [1.807, 2.05) is 36.9 Å². The number of nitrogens with one attached hydrogen (secondary N) is 1. The molecule has 0 aliphatic rings. The van der Waals surface area contributed by atoms with Crippen molar-refractivity contribution in [2.24, 2.45) is 0 Å². The van der Waals surface area contributed by atoms with Crippen LogP contribution < -0.4 is 10.2 Å². The van der Waals surface area contributed by atoms with Gasteiger partial charge in [-0.25, -0.2) is 4.39 Å². The lowest BCUT2D eigenvalue weighted by Crippen LogP contribution is -2.25. The molecule has 1 aromatic heterocycles. The maximum absolute atomic E-state index is 14.2. The molecule has 20 heavy (non-hydrogen) atoms. The van der Waals surface area contributed by atoms with Gasteiger partial charge in [0.2, 0.25) is 0 Å². The summed E-state index contributed by atoms with van der Waals surface area (Å²) in [6, 6.07) is 8.99. The van der Waals surface area contributed by atoms with Crippen LogP contribution in [0.4, 0.5) is 10.1 Å². The molecular formula is C16H21FN2O. The molecule has 0 saturated heterocycles. The summed E-state index contributed by atoms with van der Waals surface area (Å²) in [6.45, 7) is 6.88. The molecule has 0 atom stereocenters. The molecule has 1 heterocycles. The normalized spacial score (nSPS) is 10.8. The Morgan fingerprint density at radius 2 is 2.05 bits per heavy atom. The summed E-state index contributed by atoms with van der Waals surface area (Å²) in [5.74, 6) is 0.651. The first-order valence-electron chi connectivity index (χ1n) is 7.01. The van der Waals surface area contributed by atoms with Crippen LogP contribution in [0.3, 0.4) is 0 Å². The molecule has 1 N–H and O–H groups in total. The van der Waals surface area contributed by atoms with Crippen molar-refractivity contribution >= 4 is 5.69 Å². The average molecular weight is 276 g/mol. The van der Waals surface area contributed by atoms with E-state index in [1.54, 1.807) is 12.3 Å². The second kappa shape index (κ2) is 7.10. The van der Waals surface area contributed by atoms with Gasteiger partial charge in [0.05, 0.1) is 18.5 Å². The second-order valence-corrected chi connectivity index (χ2v) is 4.62. The highest BCUT2D eigenvalue weighted by atomic mass is 19.1. The number of nitrogens with zero attached hydrogens (tertiary/aromatic N) is 1. The third-order valence-electron chi connectivity index (χ3n) is 3.26. The van der Waals surface area contributed by atoms with E-state index in [4.69, 9.17) is 4.42 Å². The lowest BCUT2D eigenvalue weighted by Gasteiger charge is -2.25. The molecule has 2 rings (SSSR count). The van der Waals surface area contributed by atoms with Crippen LogP contribution in [0.15, 0.2) is 41.0 Å². The van der Waals surface area contributed by atoms with Gasteiger partial charge in [-0.15, -0.1) is 0 Å². The first kappa shape index (κ1) is 14.6. The molecule has 0 aliphatic carbocycles. The van der Waals surface area contributed by atoms with Gasteiger partial charge in [-0.3, -0.25) is 0 Å². The van der Waals surface area contributed by atoms with Crippen molar-refractivity contribution < 1.29 is 8.81 Å². The minimum Gasteiger partial charge on any atom is -0.467 e. The number of furan rings is 1. The Hall–Kier alpha value is -1.81. The van der Waals surface area contributed by atoms with E-state index >= 15 is 0 Å². The molecule has 0 saturated carbocycles. The Bertz CT molecular complexity index is 525. The van der Waals surface area contributed by atoms with Gasteiger partial charge in [0.25, 0.3) is 0 Å². The smallest absolute Gasteiger partial charge is 0.146 e. The zero-order valence-electron chi connectivity index (χ0n) is 12.0. The number of rotatable bonds is 7. The van der Waals surface area contributed by atoms with E-state index in [0.717, 1.165) is 24.4 Å². The summed E-state index contributed by atoms with van der Waals surface area (Å²) in [7, 11) is 0. The molecule has 0 fully saturated rings. The molecule has 4 heteroatoms. The zero-order valence-corrected chi connectivity index (χ0v) is 12.0. The predicted octanol–water partition coefficient (Wildman–Crippen LogP) is 3.55. The first-order valence-corrected chi connectivity index (χ1v) is 7.01. The van der Waals surface area contributed by atoms with Gasteiger partial charge in [0.1, 0.15) is 11.6 Å². The number of hydrogen-bond donors (Lipinski definition) is 1. The van der Waals surface area contributed by atoms with E-state index in [1.165, 1.54) is 6.07 Å². The van der Waals surface area contributed by atoms with Crippen LogP contribution in [0.1, 0.15) is 25.2 Å². The lowest BCUT2D eigenvalue weighted by molar-refractivity contribution is 0.500. The van der Waals surface area contributed by atoms with Crippen LogP contribution in [0.5, 0.6) is 0 Å². The van der Waals surface area contributed by atoms with Crippen LogP contribution >= 0.6 is 0 Å². The second-order valence-electron chi connectivity index (χ2n) is 4.62. The molecular weight excluding hydrogens is 255 g/mol. The summed E-state index contributed by atoms with van der Waals surface area (Å²) in [4.78, 5) is 2.00. The molecule has 0 spiro atoms. The molecule has 0 amide bonds. The highest BCUT2D eigenvalue weighted by Crippen LogP contribution is 2.26. The van der Waals surface area contributed by atoms with E-state index < -0.39 is 0 Å². The predicted molar refractivity (Wildman–Crippen MR) is 79.2 cm³/mol. The van der Waals surface area contributed by atoms with Gasteiger partial charge in [0, 0.05) is 13.1 Å². The highest BCUT2D eigenvalue weighted by Gasteiger charge is 2.15. The largest absolute Gasteiger partial charge is 0.467 e. The Morgan fingerprint density at radius 3 is 2.70 bits per heavy atom. The van der Waals surface area contributed by atoms with E-state index in [9.17, 15) is 4.39 Å². The standard InChI is InChI=1S/C16H21FN2O/c1-3-18-11-13-7-5-9-15(17)16(13)19(4-2)12-14-8-6-10-20-14/h5-10,18H,3-4,11-12H2,1-2H3. The van der Waals surface area contributed by atoms with Crippen molar-refractivity contribution in [3.63, 3.8) is 0 Å². The Morgan fingerprint density at radius 1 is 1.20 bits per heavy atom. The number of anilines is 1. The van der Waals surface area contributed by atoms with Gasteiger partial charge in [-0.05, 0) is 37.2 Å². The molecule has 0 radical (unpaired) electrons. The van der Waals surface area contributed by atoms with Crippen LogP contribution in [0.25, 0.3) is 0 Å². The minimum absolute atomic E-state index is 0.186. The molecule has 0 unspecified atom stereocenters. The summed E-state index contributed by atoms with van der Waals surface area (Å²) in [5.41, 5.74) is 1.63. The zero-order chi connectivity index (χ0) is 14.4. The van der Waals surface area contributed by atoms with E-state index in [-0.39, 0.29) is 5.82 Å². The topological polar surface area (TPSA) is 28.4 Å². The number of hydrogen-bond acceptors (Lipinski definition) is 3. The monoisotopic (exact) mass is 276 g/mol. The van der Waals surface area contributed by atoms with Crippen molar-refractivity contribution in [1.29, 1.82) is 0 Å². The van der Waals surface area contributed by atoms with Crippen LogP contribution in [-0.4, -0.2) is 13.1 Å². The average Bonchev–Trinajstić information content (AvgIpc) is 2.96. The fourth-order valence-electron chi connectivity index (χ4n) is 2.26. The van der Waals surface area contributed by atoms with E-state index in [0.29, 0.717) is 18.8 Å². The van der Waals surface area contributed by atoms with Crippen molar-refractivity contribution in [1.82, 2.24) is 5.32 Å². The van der Waals surface area contributed by atoms with Crippen LogP contribution in [-0.2, 0) is 13.1 Å². The summed E-state index contributed by atoms with van der Waals surface area (Å²) >= 11 is 0. The number of para-hydroxylation sites is 1. The van der Waals surface area contributed by atoms with Crippen LogP contribution in [0, 0.1) is 5.82 Å². The van der Waals surface area contributed by atoms with Crippen LogP contribution in [0.2, 0.25) is 0 Å². The van der Waals surface area contributed by atoms with Gasteiger partial charge in [-0.1, -0.05) is 19.1 Å². The summed E-state index contributed by atoms with van der Waals surface area (Å²) < 4.78 is 19.6. The minimum atomic E-state index is -0.186. The number of halogens is 1. The van der Waals surface area contributed by atoms with Gasteiger partial charge in [0.15, 0.2) is 0 Å². The van der Waals surface area contributed by atoms with Gasteiger partial charge < -0.3 is 14.6 Å². The Balaban J connectivity index is 2.27. The van der Waals surface area contributed by atoms with Crippen molar-refractivity contribution in [2.75, 3.05) is 18.0 Å². The number of benzene rings is 1. The fraction of sp³-hybridized carbons (Fsp3) is 0.375. The molecule has 108 valence electrons. The van der Waals surface area contributed by atoms with Crippen molar-refractivity contribution in [3.8, 4) is 0 Å². The SMILES string of the molecule is CCNCc1cccc(F)c1N(CC)Cc1ccco1.